The highest BCUT2D eigenvalue weighted by Gasteiger charge is 2.11. The van der Waals surface area contributed by atoms with Crippen molar-refractivity contribution in [2.45, 2.75) is 26.3 Å². The summed E-state index contributed by atoms with van der Waals surface area (Å²) in [6.07, 6.45) is 2.21. The van der Waals surface area contributed by atoms with Gasteiger partial charge in [0.1, 0.15) is 11.5 Å². The van der Waals surface area contributed by atoms with Crippen LogP contribution in [0.4, 0.5) is 0 Å². The molecular formula is C18H19NO2. The van der Waals surface area contributed by atoms with Crippen molar-refractivity contribution >= 4 is 10.9 Å². The van der Waals surface area contributed by atoms with Gasteiger partial charge in [0.25, 0.3) is 0 Å². The number of unbranched alkanes of at least 4 members (excludes halogenated alkanes) is 1. The molecule has 0 aliphatic heterocycles. The summed E-state index contributed by atoms with van der Waals surface area (Å²) >= 11 is 0. The van der Waals surface area contributed by atoms with E-state index in [1.54, 1.807) is 18.2 Å². The highest BCUT2D eigenvalue weighted by atomic mass is 16.3. The van der Waals surface area contributed by atoms with Crippen LogP contribution in [0.2, 0.25) is 0 Å². The molecule has 2 N–H and O–H groups in total. The van der Waals surface area contributed by atoms with Gasteiger partial charge in [-0.1, -0.05) is 13.3 Å². The van der Waals surface area contributed by atoms with Crippen LogP contribution >= 0.6 is 0 Å². The molecule has 1 heterocycles. The topological polar surface area (TPSA) is 45.4 Å². The molecule has 2 aromatic carbocycles. The Balaban J connectivity index is 2.18. The Morgan fingerprint density at radius 3 is 2.33 bits per heavy atom. The molecule has 0 unspecified atom stereocenters. The molecule has 1 aromatic heterocycles. The first kappa shape index (κ1) is 13.6. The molecule has 0 fully saturated rings. The SMILES string of the molecule is CCCCn1c(-c2ccc(O)cc2)cc2ccc(O)cc21. The number of phenolic OH excluding ortho intramolecular Hbond substituents is 2. The molecule has 3 aromatic rings. The van der Waals surface area contributed by atoms with Gasteiger partial charge in [-0.15, -0.1) is 0 Å². The van der Waals surface area contributed by atoms with E-state index in [4.69, 9.17) is 0 Å². The highest BCUT2D eigenvalue weighted by molar-refractivity contribution is 5.88. The Bertz CT molecular complexity index is 757. The first-order chi connectivity index (χ1) is 10.2. The van der Waals surface area contributed by atoms with E-state index in [0.717, 1.165) is 41.5 Å². The van der Waals surface area contributed by atoms with E-state index in [1.165, 1.54) is 0 Å². The van der Waals surface area contributed by atoms with Crippen molar-refractivity contribution in [2.24, 2.45) is 0 Å². The maximum atomic E-state index is 9.75. The first-order valence-electron chi connectivity index (χ1n) is 7.30. The molecule has 0 spiro atoms. The van der Waals surface area contributed by atoms with Crippen molar-refractivity contribution in [3.63, 3.8) is 0 Å². The molecule has 0 atom stereocenters. The van der Waals surface area contributed by atoms with Crippen molar-refractivity contribution in [1.82, 2.24) is 4.57 Å². The van der Waals surface area contributed by atoms with Crippen LogP contribution in [0.25, 0.3) is 22.2 Å². The molecule has 3 rings (SSSR count). The Morgan fingerprint density at radius 1 is 0.905 bits per heavy atom. The fourth-order valence-electron chi connectivity index (χ4n) is 2.67. The molecule has 3 nitrogen and oxygen atoms in total. The molecular weight excluding hydrogens is 262 g/mol. The van der Waals surface area contributed by atoms with Crippen LogP contribution in [-0.2, 0) is 6.54 Å². The van der Waals surface area contributed by atoms with Gasteiger partial charge in [-0.3, -0.25) is 0 Å². The monoisotopic (exact) mass is 281 g/mol. The molecule has 0 bridgehead atoms. The maximum absolute atomic E-state index is 9.75. The number of aryl methyl sites for hydroxylation is 1. The largest absolute Gasteiger partial charge is 0.508 e. The van der Waals surface area contributed by atoms with Crippen LogP contribution in [0, 0.1) is 0 Å². The van der Waals surface area contributed by atoms with Crippen LogP contribution in [0.5, 0.6) is 11.5 Å². The average molecular weight is 281 g/mol. The van der Waals surface area contributed by atoms with Crippen LogP contribution in [0.3, 0.4) is 0 Å². The molecule has 0 amide bonds. The molecule has 0 aliphatic carbocycles. The predicted octanol–water partition coefficient (Wildman–Crippen LogP) is 4.52. The molecule has 3 heteroatoms. The Morgan fingerprint density at radius 2 is 1.62 bits per heavy atom. The summed E-state index contributed by atoms with van der Waals surface area (Å²) in [5.74, 6) is 0.559. The van der Waals surface area contributed by atoms with Crippen molar-refractivity contribution in [2.75, 3.05) is 0 Å². The summed E-state index contributed by atoms with van der Waals surface area (Å²) in [4.78, 5) is 0. The molecule has 0 saturated carbocycles. The average Bonchev–Trinajstić information content (AvgIpc) is 2.83. The normalized spacial score (nSPS) is 11.1. The minimum atomic E-state index is 0.271. The third-order valence-corrected chi connectivity index (χ3v) is 3.79. The van der Waals surface area contributed by atoms with E-state index in [9.17, 15) is 10.2 Å². The van der Waals surface area contributed by atoms with E-state index < -0.39 is 0 Å². The zero-order valence-electron chi connectivity index (χ0n) is 12.1. The van der Waals surface area contributed by atoms with Crippen LogP contribution in [-0.4, -0.2) is 14.8 Å². The number of hydrogen-bond acceptors (Lipinski definition) is 2. The number of aromatic nitrogens is 1. The summed E-state index contributed by atoms with van der Waals surface area (Å²) < 4.78 is 2.24. The Hall–Kier alpha value is -2.42. The molecule has 0 radical (unpaired) electrons. The van der Waals surface area contributed by atoms with E-state index in [0.29, 0.717) is 0 Å². The zero-order valence-corrected chi connectivity index (χ0v) is 12.1. The Labute approximate surface area is 124 Å². The quantitative estimate of drug-likeness (QED) is 0.738. The van der Waals surface area contributed by atoms with Crippen LogP contribution in [0.15, 0.2) is 48.5 Å². The van der Waals surface area contributed by atoms with Gasteiger partial charge in [0.05, 0.1) is 5.52 Å². The van der Waals surface area contributed by atoms with Crippen molar-refractivity contribution < 1.29 is 10.2 Å². The van der Waals surface area contributed by atoms with Gasteiger partial charge in [-0.05, 0) is 54.4 Å². The fourth-order valence-corrected chi connectivity index (χ4v) is 2.67. The molecule has 21 heavy (non-hydrogen) atoms. The van der Waals surface area contributed by atoms with Gasteiger partial charge in [-0.2, -0.15) is 0 Å². The second-order valence-electron chi connectivity index (χ2n) is 5.32. The van der Waals surface area contributed by atoms with Crippen molar-refractivity contribution in [3.8, 4) is 22.8 Å². The summed E-state index contributed by atoms with van der Waals surface area (Å²) in [6, 6.07) is 14.9. The fraction of sp³-hybridized carbons (Fsp3) is 0.222. The van der Waals surface area contributed by atoms with Crippen molar-refractivity contribution in [3.05, 3.63) is 48.5 Å². The highest BCUT2D eigenvalue weighted by Crippen LogP contribution is 2.31. The second-order valence-corrected chi connectivity index (χ2v) is 5.32. The molecule has 108 valence electrons. The van der Waals surface area contributed by atoms with E-state index in [2.05, 4.69) is 17.6 Å². The third kappa shape index (κ3) is 2.59. The molecule has 0 aliphatic rings. The summed E-state index contributed by atoms with van der Waals surface area (Å²) in [7, 11) is 0. The lowest BCUT2D eigenvalue weighted by Crippen LogP contribution is -1.99. The van der Waals surface area contributed by atoms with Gasteiger partial charge < -0.3 is 14.8 Å². The summed E-state index contributed by atoms with van der Waals surface area (Å²) in [5.41, 5.74) is 3.23. The van der Waals surface area contributed by atoms with E-state index in [1.807, 2.05) is 24.3 Å². The maximum Gasteiger partial charge on any atom is 0.117 e. The number of aromatic hydroxyl groups is 2. The van der Waals surface area contributed by atoms with E-state index >= 15 is 0 Å². The number of benzene rings is 2. The smallest absolute Gasteiger partial charge is 0.117 e. The zero-order chi connectivity index (χ0) is 14.8. The standard InChI is InChI=1S/C18H19NO2/c1-2-3-10-19-17(13-4-7-15(20)8-5-13)11-14-6-9-16(21)12-18(14)19/h4-9,11-12,20-21H,2-3,10H2,1H3. The Kier molecular flexibility index (Phi) is 3.57. The van der Waals surface area contributed by atoms with Gasteiger partial charge in [0.2, 0.25) is 0 Å². The second kappa shape index (κ2) is 5.52. The lowest BCUT2D eigenvalue weighted by molar-refractivity contribution is 0.475. The lowest BCUT2D eigenvalue weighted by Gasteiger charge is -2.10. The van der Waals surface area contributed by atoms with Gasteiger partial charge >= 0.3 is 0 Å². The van der Waals surface area contributed by atoms with Gasteiger partial charge in [0, 0.05) is 23.7 Å². The molecule has 0 saturated heterocycles. The van der Waals surface area contributed by atoms with E-state index in [-0.39, 0.29) is 11.5 Å². The number of rotatable bonds is 4. The lowest BCUT2D eigenvalue weighted by atomic mass is 10.1. The minimum Gasteiger partial charge on any atom is -0.508 e. The predicted molar refractivity (Wildman–Crippen MR) is 85.6 cm³/mol. The van der Waals surface area contributed by atoms with Gasteiger partial charge in [-0.25, -0.2) is 0 Å². The van der Waals surface area contributed by atoms with Gasteiger partial charge in [0.15, 0.2) is 0 Å². The number of fused-ring (bicyclic) bond motifs is 1. The number of nitrogens with zero attached hydrogens (tertiary/aromatic N) is 1. The minimum absolute atomic E-state index is 0.271. The first-order valence-corrected chi connectivity index (χ1v) is 7.30. The summed E-state index contributed by atoms with van der Waals surface area (Å²) in [5, 5.41) is 20.3. The summed E-state index contributed by atoms with van der Waals surface area (Å²) in [6.45, 7) is 3.09. The number of phenols is 2. The number of hydrogen-bond donors (Lipinski definition) is 2. The third-order valence-electron chi connectivity index (χ3n) is 3.79. The van der Waals surface area contributed by atoms with Crippen molar-refractivity contribution in [1.29, 1.82) is 0 Å². The van der Waals surface area contributed by atoms with Crippen LogP contribution < -0.4 is 0 Å². The van der Waals surface area contributed by atoms with Crippen LogP contribution in [0.1, 0.15) is 19.8 Å².